The quantitative estimate of drug-likeness (QED) is 0.639. The van der Waals surface area contributed by atoms with Crippen molar-refractivity contribution in [2.75, 3.05) is 13.2 Å². The van der Waals surface area contributed by atoms with Crippen molar-refractivity contribution >= 4 is 17.8 Å². The molecule has 17 heavy (non-hydrogen) atoms. The summed E-state index contributed by atoms with van der Waals surface area (Å²) in [6, 6.07) is 0. The first-order valence-electron chi connectivity index (χ1n) is 5.45. The number of ether oxygens (including phenoxy) is 1. The molecule has 6 heteroatoms. The van der Waals surface area contributed by atoms with Crippen molar-refractivity contribution in [3.05, 3.63) is 0 Å². The van der Waals surface area contributed by atoms with Crippen LogP contribution >= 0.6 is 0 Å². The lowest BCUT2D eigenvalue weighted by Gasteiger charge is -2.19. The highest BCUT2D eigenvalue weighted by Gasteiger charge is 2.27. The molecule has 0 aliphatic carbocycles. The molecule has 6 nitrogen and oxygen atoms in total. The molecule has 0 aliphatic rings. The van der Waals surface area contributed by atoms with Crippen LogP contribution in [0.2, 0.25) is 0 Å². The molecule has 0 fully saturated rings. The van der Waals surface area contributed by atoms with Crippen molar-refractivity contribution in [1.82, 2.24) is 5.32 Å². The Balaban J connectivity index is 3.88. The van der Waals surface area contributed by atoms with Crippen molar-refractivity contribution < 1.29 is 24.2 Å². The molecule has 0 unspecified atom stereocenters. The van der Waals surface area contributed by atoms with Crippen LogP contribution < -0.4 is 5.32 Å². The van der Waals surface area contributed by atoms with E-state index < -0.39 is 17.4 Å². The molecule has 0 aromatic heterocycles. The van der Waals surface area contributed by atoms with E-state index in [-0.39, 0.29) is 31.9 Å². The number of esters is 1. The van der Waals surface area contributed by atoms with Gasteiger partial charge in [0.25, 0.3) is 0 Å². The average Bonchev–Trinajstić information content (AvgIpc) is 2.24. The molecule has 0 aromatic rings. The zero-order chi connectivity index (χ0) is 13.5. The van der Waals surface area contributed by atoms with Crippen LogP contribution in [0.1, 0.15) is 33.6 Å². The molecule has 0 radical (unpaired) electrons. The number of nitrogens with one attached hydrogen (secondary N) is 1. The molecule has 1 amide bonds. The lowest BCUT2D eigenvalue weighted by atomic mass is 9.94. The number of carbonyl (C=O) groups is 3. The van der Waals surface area contributed by atoms with Gasteiger partial charge in [0.05, 0.1) is 18.4 Å². The van der Waals surface area contributed by atoms with Crippen molar-refractivity contribution in [3.63, 3.8) is 0 Å². The summed E-state index contributed by atoms with van der Waals surface area (Å²) in [5, 5.41) is 11.3. The average molecular weight is 245 g/mol. The topological polar surface area (TPSA) is 92.7 Å². The fourth-order valence-corrected chi connectivity index (χ4v) is 0.932. The minimum absolute atomic E-state index is 0.00712. The molecule has 0 rings (SSSR count). The SMILES string of the molecule is CCOC(=O)CCC(=O)NCC(C)(C)C(=O)O. The van der Waals surface area contributed by atoms with Gasteiger partial charge in [-0.05, 0) is 20.8 Å². The maximum Gasteiger partial charge on any atom is 0.310 e. The highest BCUT2D eigenvalue weighted by Crippen LogP contribution is 2.13. The number of rotatable bonds is 7. The standard InChI is InChI=1S/C11H19NO5/c1-4-17-9(14)6-5-8(13)12-7-11(2,3)10(15)16/h4-7H2,1-3H3,(H,12,13)(H,15,16). The van der Waals surface area contributed by atoms with E-state index in [4.69, 9.17) is 5.11 Å². The number of hydrogen-bond donors (Lipinski definition) is 2. The van der Waals surface area contributed by atoms with E-state index in [1.54, 1.807) is 6.92 Å². The molecule has 98 valence electrons. The van der Waals surface area contributed by atoms with Gasteiger partial charge in [-0.25, -0.2) is 0 Å². The molecule has 0 saturated carbocycles. The zero-order valence-corrected chi connectivity index (χ0v) is 10.4. The van der Waals surface area contributed by atoms with Crippen LogP contribution in [-0.4, -0.2) is 36.1 Å². The van der Waals surface area contributed by atoms with Gasteiger partial charge >= 0.3 is 11.9 Å². The fraction of sp³-hybridized carbons (Fsp3) is 0.727. The highest BCUT2D eigenvalue weighted by molar-refractivity contribution is 5.82. The molecule has 0 bridgehead atoms. The second-order valence-electron chi connectivity index (χ2n) is 4.27. The second-order valence-corrected chi connectivity index (χ2v) is 4.27. The van der Waals surface area contributed by atoms with Gasteiger partial charge in [0.15, 0.2) is 0 Å². The Bertz CT molecular complexity index is 298. The first-order valence-corrected chi connectivity index (χ1v) is 5.45. The zero-order valence-electron chi connectivity index (χ0n) is 10.4. The van der Waals surface area contributed by atoms with Gasteiger partial charge < -0.3 is 15.2 Å². The van der Waals surface area contributed by atoms with E-state index in [0.717, 1.165) is 0 Å². The maximum atomic E-state index is 11.3. The molecule has 0 atom stereocenters. The molecule has 0 spiro atoms. The molecular formula is C11H19NO5. The van der Waals surface area contributed by atoms with Gasteiger partial charge in [-0.2, -0.15) is 0 Å². The van der Waals surface area contributed by atoms with Crippen LogP contribution in [-0.2, 0) is 19.1 Å². The van der Waals surface area contributed by atoms with Crippen LogP contribution in [0.15, 0.2) is 0 Å². The number of amides is 1. The summed E-state index contributed by atoms with van der Waals surface area (Å²) in [4.78, 5) is 33.0. The lowest BCUT2D eigenvalue weighted by Crippen LogP contribution is -2.39. The summed E-state index contributed by atoms with van der Waals surface area (Å²) in [5.41, 5.74) is -1.01. The Labute approximate surface area is 100 Å². The van der Waals surface area contributed by atoms with Crippen molar-refractivity contribution in [2.24, 2.45) is 5.41 Å². The van der Waals surface area contributed by atoms with Crippen molar-refractivity contribution in [2.45, 2.75) is 33.6 Å². The summed E-state index contributed by atoms with van der Waals surface area (Å²) >= 11 is 0. The summed E-state index contributed by atoms with van der Waals surface area (Å²) in [6.45, 7) is 5.03. The predicted octanol–water partition coefficient (Wildman–Crippen LogP) is 0.557. The molecule has 0 saturated heterocycles. The predicted molar refractivity (Wildman–Crippen MR) is 60.3 cm³/mol. The summed E-state index contributed by atoms with van der Waals surface area (Å²) in [6.07, 6.45) is 0.0156. The molecule has 2 N–H and O–H groups in total. The second kappa shape index (κ2) is 6.88. The van der Waals surface area contributed by atoms with Crippen molar-refractivity contribution in [3.8, 4) is 0 Å². The first-order chi connectivity index (χ1) is 7.79. The summed E-state index contributed by atoms with van der Waals surface area (Å²) in [5.74, 6) is -1.77. The number of carboxylic acid groups (broad SMARTS) is 1. The molecule has 0 heterocycles. The number of carboxylic acids is 1. The van der Waals surface area contributed by atoms with E-state index in [1.807, 2.05) is 0 Å². The number of hydrogen-bond acceptors (Lipinski definition) is 4. The number of aliphatic carboxylic acids is 1. The van der Waals surface area contributed by atoms with Crippen LogP contribution in [0.4, 0.5) is 0 Å². The Kier molecular flexibility index (Phi) is 6.23. The van der Waals surface area contributed by atoms with E-state index in [9.17, 15) is 14.4 Å². The monoisotopic (exact) mass is 245 g/mol. The lowest BCUT2D eigenvalue weighted by molar-refractivity contribution is -0.147. The van der Waals surface area contributed by atoms with Gasteiger partial charge in [0, 0.05) is 13.0 Å². The molecule has 0 aliphatic heterocycles. The van der Waals surface area contributed by atoms with Gasteiger partial charge in [0.1, 0.15) is 0 Å². The minimum Gasteiger partial charge on any atom is -0.481 e. The van der Waals surface area contributed by atoms with Gasteiger partial charge in [-0.1, -0.05) is 0 Å². The Morgan fingerprint density at radius 1 is 1.24 bits per heavy atom. The van der Waals surface area contributed by atoms with E-state index in [1.165, 1.54) is 13.8 Å². The smallest absolute Gasteiger partial charge is 0.310 e. The fourth-order valence-electron chi connectivity index (χ4n) is 0.932. The Morgan fingerprint density at radius 2 is 1.82 bits per heavy atom. The van der Waals surface area contributed by atoms with Gasteiger partial charge in [-0.3, -0.25) is 14.4 Å². The van der Waals surface area contributed by atoms with E-state index >= 15 is 0 Å². The third-order valence-electron chi connectivity index (χ3n) is 2.17. The van der Waals surface area contributed by atoms with Crippen LogP contribution in [0.25, 0.3) is 0 Å². The van der Waals surface area contributed by atoms with Gasteiger partial charge in [0.2, 0.25) is 5.91 Å². The van der Waals surface area contributed by atoms with Gasteiger partial charge in [-0.15, -0.1) is 0 Å². The summed E-state index contributed by atoms with van der Waals surface area (Å²) < 4.78 is 4.66. The highest BCUT2D eigenvalue weighted by atomic mass is 16.5. The van der Waals surface area contributed by atoms with Crippen LogP contribution in [0, 0.1) is 5.41 Å². The van der Waals surface area contributed by atoms with Crippen LogP contribution in [0.5, 0.6) is 0 Å². The van der Waals surface area contributed by atoms with Crippen molar-refractivity contribution in [1.29, 1.82) is 0 Å². The maximum absolute atomic E-state index is 11.3. The van der Waals surface area contributed by atoms with Crippen LogP contribution in [0.3, 0.4) is 0 Å². The largest absolute Gasteiger partial charge is 0.481 e. The minimum atomic E-state index is -1.01. The third-order valence-corrected chi connectivity index (χ3v) is 2.17. The summed E-state index contributed by atoms with van der Waals surface area (Å²) in [7, 11) is 0. The number of carbonyl (C=O) groups excluding carboxylic acids is 2. The molecular weight excluding hydrogens is 226 g/mol. The van der Waals surface area contributed by atoms with E-state index in [0.29, 0.717) is 0 Å². The normalized spacial score (nSPS) is 10.8. The third kappa shape index (κ3) is 6.55. The Hall–Kier alpha value is -1.59. The first kappa shape index (κ1) is 15.4. The van der Waals surface area contributed by atoms with E-state index in [2.05, 4.69) is 10.1 Å². The molecule has 0 aromatic carbocycles. The Morgan fingerprint density at radius 3 is 2.29 bits per heavy atom.